The quantitative estimate of drug-likeness (QED) is 0.575. The number of hydrogen-bond acceptors (Lipinski definition) is 3. The maximum atomic E-state index is 13.3. The molecule has 1 aromatic heterocycles. The fourth-order valence-corrected chi connectivity index (χ4v) is 4.28. The van der Waals surface area contributed by atoms with Crippen molar-refractivity contribution in [1.82, 2.24) is 5.32 Å². The molecule has 2 heterocycles. The average molecular weight is 421 g/mol. The summed E-state index contributed by atoms with van der Waals surface area (Å²) in [5.41, 5.74) is 2.57. The summed E-state index contributed by atoms with van der Waals surface area (Å²) in [6.07, 6.45) is 4.71. The largest absolute Gasteiger partial charge is 0.341 e. The number of anilines is 1. The number of carbonyl (C=O) groups is 2. The van der Waals surface area contributed by atoms with Gasteiger partial charge in [-0.3, -0.25) is 9.59 Å². The standard InChI is InChI=1S/C24H21FN2O2S/c25-19-10-8-18(9-11-19)24(21-3-2-16-30-21)26-22(28)14-7-17-5-12-20(13-6-17)27-15-1-4-23(27)29/h2-3,5-14,16,24H,1,4,15H2,(H,26,28)/b14-7+. The van der Waals surface area contributed by atoms with Crippen LogP contribution >= 0.6 is 11.3 Å². The van der Waals surface area contributed by atoms with E-state index in [0.717, 1.165) is 34.7 Å². The van der Waals surface area contributed by atoms with Crippen LogP contribution in [0.5, 0.6) is 0 Å². The van der Waals surface area contributed by atoms with Crippen molar-refractivity contribution in [3.63, 3.8) is 0 Å². The first kappa shape index (κ1) is 20.0. The van der Waals surface area contributed by atoms with Crippen molar-refractivity contribution in [2.75, 3.05) is 11.4 Å². The molecule has 1 N–H and O–H groups in total. The minimum atomic E-state index is -0.341. The molecule has 1 saturated heterocycles. The first-order valence-electron chi connectivity index (χ1n) is 9.78. The average Bonchev–Trinajstić information content (AvgIpc) is 3.44. The van der Waals surface area contributed by atoms with Crippen molar-refractivity contribution in [1.29, 1.82) is 0 Å². The molecular formula is C24H21FN2O2S. The number of nitrogens with one attached hydrogen (secondary N) is 1. The lowest BCUT2D eigenvalue weighted by Crippen LogP contribution is -2.27. The van der Waals surface area contributed by atoms with Gasteiger partial charge in [-0.1, -0.05) is 30.3 Å². The molecular weight excluding hydrogens is 399 g/mol. The lowest BCUT2D eigenvalue weighted by molar-refractivity contribution is -0.117. The molecule has 1 atom stereocenters. The summed E-state index contributed by atoms with van der Waals surface area (Å²) in [6.45, 7) is 0.754. The highest BCUT2D eigenvalue weighted by molar-refractivity contribution is 7.10. The van der Waals surface area contributed by atoms with Crippen LogP contribution in [0.1, 0.15) is 34.9 Å². The summed E-state index contributed by atoms with van der Waals surface area (Å²) >= 11 is 1.54. The van der Waals surface area contributed by atoms with Crippen molar-refractivity contribution in [2.45, 2.75) is 18.9 Å². The van der Waals surface area contributed by atoms with Crippen LogP contribution in [0.25, 0.3) is 6.08 Å². The maximum Gasteiger partial charge on any atom is 0.244 e. The van der Waals surface area contributed by atoms with Gasteiger partial charge in [-0.05, 0) is 59.3 Å². The molecule has 0 saturated carbocycles. The summed E-state index contributed by atoms with van der Waals surface area (Å²) in [5.74, 6) is -0.399. The Morgan fingerprint density at radius 3 is 2.50 bits per heavy atom. The van der Waals surface area contributed by atoms with Crippen molar-refractivity contribution in [3.8, 4) is 0 Å². The topological polar surface area (TPSA) is 49.4 Å². The Kier molecular flexibility index (Phi) is 6.05. The van der Waals surface area contributed by atoms with Gasteiger partial charge in [0.2, 0.25) is 11.8 Å². The first-order valence-corrected chi connectivity index (χ1v) is 10.7. The molecule has 2 amide bonds. The van der Waals surface area contributed by atoms with Crippen LogP contribution in [0.4, 0.5) is 10.1 Å². The molecule has 1 aliphatic rings. The van der Waals surface area contributed by atoms with Crippen LogP contribution in [0.3, 0.4) is 0 Å². The number of halogens is 1. The van der Waals surface area contributed by atoms with Gasteiger partial charge in [-0.25, -0.2) is 4.39 Å². The lowest BCUT2D eigenvalue weighted by atomic mass is 10.1. The zero-order chi connectivity index (χ0) is 20.9. The van der Waals surface area contributed by atoms with Crippen molar-refractivity contribution >= 4 is 34.9 Å². The van der Waals surface area contributed by atoms with E-state index < -0.39 is 0 Å². The number of rotatable bonds is 6. The third-order valence-corrected chi connectivity index (χ3v) is 5.96. The minimum Gasteiger partial charge on any atom is -0.341 e. The highest BCUT2D eigenvalue weighted by Gasteiger charge is 2.21. The van der Waals surface area contributed by atoms with Crippen LogP contribution in [0.2, 0.25) is 0 Å². The molecule has 6 heteroatoms. The predicted molar refractivity (Wildman–Crippen MR) is 118 cm³/mol. The van der Waals surface area contributed by atoms with Gasteiger partial charge in [-0.15, -0.1) is 11.3 Å². The number of nitrogens with zero attached hydrogens (tertiary/aromatic N) is 1. The molecule has 0 spiro atoms. The van der Waals surface area contributed by atoms with Crippen molar-refractivity contribution < 1.29 is 14.0 Å². The SMILES string of the molecule is O=C(/C=C/c1ccc(N2CCCC2=O)cc1)NC(c1ccc(F)cc1)c1cccs1. The molecule has 1 unspecified atom stereocenters. The smallest absolute Gasteiger partial charge is 0.244 e. The summed E-state index contributed by atoms with van der Waals surface area (Å²) in [6, 6.07) is 17.3. The fourth-order valence-electron chi connectivity index (χ4n) is 3.48. The fraction of sp³-hybridized carbons (Fsp3) is 0.167. The van der Waals surface area contributed by atoms with E-state index in [9.17, 15) is 14.0 Å². The molecule has 2 aromatic carbocycles. The maximum absolute atomic E-state index is 13.3. The highest BCUT2D eigenvalue weighted by atomic mass is 32.1. The Balaban J connectivity index is 1.45. The third kappa shape index (κ3) is 4.66. The zero-order valence-corrected chi connectivity index (χ0v) is 17.1. The monoisotopic (exact) mass is 420 g/mol. The van der Waals surface area contributed by atoms with E-state index in [-0.39, 0.29) is 23.7 Å². The van der Waals surface area contributed by atoms with Crippen molar-refractivity contribution in [2.24, 2.45) is 0 Å². The Labute approximate surface area is 178 Å². The van der Waals surface area contributed by atoms with Crippen LogP contribution in [-0.2, 0) is 9.59 Å². The molecule has 0 radical (unpaired) electrons. The second-order valence-electron chi connectivity index (χ2n) is 7.08. The van der Waals surface area contributed by atoms with Crippen LogP contribution in [-0.4, -0.2) is 18.4 Å². The molecule has 1 aliphatic heterocycles. The van der Waals surface area contributed by atoms with E-state index >= 15 is 0 Å². The Hall–Kier alpha value is -3.25. The van der Waals surface area contributed by atoms with Crippen LogP contribution in [0.15, 0.2) is 72.1 Å². The minimum absolute atomic E-state index is 0.151. The number of carbonyl (C=O) groups excluding carboxylic acids is 2. The Bertz CT molecular complexity index is 1040. The number of benzene rings is 2. The van der Waals surface area contributed by atoms with Crippen LogP contribution < -0.4 is 10.2 Å². The molecule has 152 valence electrons. The second-order valence-corrected chi connectivity index (χ2v) is 8.06. The summed E-state index contributed by atoms with van der Waals surface area (Å²) in [4.78, 5) is 27.2. The molecule has 4 rings (SSSR count). The number of amides is 2. The molecule has 4 nitrogen and oxygen atoms in total. The molecule has 30 heavy (non-hydrogen) atoms. The zero-order valence-electron chi connectivity index (χ0n) is 16.3. The number of thiophene rings is 1. The van der Waals surface area contributed by atoms with Gasteiger partial charge in [0.15, 0.2) is 0 Å². The van der Waals surface area contributed by atoms with Gasteiger partial charge in [0, 0.05) is 29.6 Å². The van der Waals surface area contributed by atoms with Gasteiger partial charge in [0.1, 0.15) is 5.82 Å². The van der Waals surface area contributed by atoms with Crippen molar-refractivity contribution in [3.05, 3.63) is 93.9 Å². The van der Waals surface area contributed by atoms with Gasteiger partial charge < -0.3 is 10.2 Å². The summed E-state index contributed by atoms with van der Waals surface area (Å²) in [5, 5.41) is 4.94. The van der Waals surface area contributed by atoms with Gasteiger partial charge in [0.25, 0.3) is 0 Å². The van der Waals surface area contributed by atoms with Gasteiger partial charge in [-0.2, -0.15) is 0 Å². The lowest BCUT2D eigenvalue weighted by Gasteiger charge is -2.17. The van der Waals surface area contributed by atoms with E-state index in [1.165, 1.54) is 29.5 Å². The summed E-state index contributed by atoms with van der Waals surface area (Å²) < 4.78 is 13.3. The van der Waals surface area contributed by atoms with E-state index in [0.29, 0.717) is 6.42 Å². The molecule has 0 aliphatic carbocycles. The van der Waals surface area contributed by atoms with E-state index in [1.807, 2.05) is 41.8 Å². The van der Waals surface area contributed by atoms with E-state index in [1.54, 1.807) is 23.1 Å². The normalized spacial score (nSPS) is 15.0. The summed E-state index contributed by atoms with van der Waals surface area (Å²) in [7, 11) is 0. The molecule has 0 bridgehead atoms. The van der Waals surface area contributed by atoms with E-state index in [2.05, 4.69) is 5.32 Å². The Morgan fingerprint density at radius 1 is 1.10 bits per heavy atom. The Morgan fingerprint density at radius 2 is 1.87 bits per heavy atom. The van der Waals surface area contributed by atoms with Gasteiger partial charge in [0.05, 0.1) is 6.04 Å². The third-order valence-electron chi connectivity index (χ3n) is 5.02. The predicted octanol–water partition coefficient (Wildman–Crippen LogP) is 4.93. The molecule has 3 aromatic rings. The first-order chi connectivity index (χ1) is 14.6. The van der Waals surface area contributed by atoms with Crippen LogP contribution in [0, 0.1) is 5.82 Å². The second kappa shape index (κ2) is 9.05. The number of hydrogen-bond donors (Lipinski definition) is 1. The van der Waals surface area contributed by atoms with Gasteiger partial charge >= 0.3 is 0 Å². The molecule has 1 fully saturated rings. The highest BCUT2D eigenvalue weighted by Crippen LogP contribution is 2.26. The van der Waals surface area contributed by atoms with E-state index in [4.69, 9.17) is 0 Å².